The first kappa shape index (κ1) is 13.4. The van der Waals surface area contributed by atoms with Crippen molar-refractivity contribution >= 4 is 31.9 Å². The van der Waals surface area contributed by atoms with Crippen LogP contribution in [0.3, 0.4) is 0 Å². The first-order chi connectivity index (χ1) is 8.13. The first-order valence-electron chi connectivity index (χ1n) is 6.21. The highest BCUT2D eigenvalue weighted by Crippen LogP contribution is 2.44. The zero-order valence-electron chi connectivity index (χ0n) is 10.3. The topological polar surface area (TPSA) is 9.23 Å². The summed E-state index contributed by atoms with van der Waals surface area (Å²) >= 11 is 7.50. The van der Waals surface area contributed by atoms with Crippen molar-refractivity contribution in [3.8, 4) is 5.75 Å². The van der Waals surface area contributed by atoms with Crippen LogP contribution >= 0.6 is 31.9 Å². The van der Waals surface area contributed by atoms with Gasteiger partial charge in [0.1, 0.15) is 5.75 Å². The maximum Gasteiger partial charge on any atom is 0.122 e. The third-order valence-electron chi connectivity index (χ3n) is 3.37. The summed E-state index contributed by atoms with van der Waals surface area (Å²) < 4.78 is 6.96. The minimum atomic E-state index is 0.435. The van der Waals surface area contributed by atoms with Gasteiger partial charge >= 0.3 is 0 Å². The van der Waals surface area contributed by atoms with E-state index < -0.39 is 0 Å². The summed E-state index contributed by atoms with van der Waals surface area (Å²) in [5.74, 6) is 1.82. The largest absolute Gasteiger partial charge is 0.494 e. The highest BCUT2D eigenvalue weighted by atomic mass is 79.9. The van der Waals surface area contributed by atoms with Crippen molar-refractivity contribution in [2.45, 2.75) is 37.9 Å². The molecule has 2 unspecified atom stereocenters. The van der Waals surface area contributed by atoms with E-state index in [1.807, 2.05) is 6.92 Å². The van der Waals surface area contributed by atoms with Crippen molar-refractivity contribution < 1.29 is 4.74 Å². The van der Waals surface area contributed by atoms with Gasteiger partial charge in [-0.1, -0.05) is 38.8 Å². The molecule has 0 fully saturated rings. The molecule has 2 atom stereocenters. The molecule has 0 amide bonds. The number of fused-ring (bicyclic) bond motifs is 1. The normalized spacial score (nSPS) is 24.0. The third-order valence-corrected chi connectivity index (χ3v) is 4.89. The lowest BCUT2D eigenvalue weighted by Crippen LogP contribution is -2.01. The van der Waals surface area contributed by atoms with E-state index in [0.29, 0.717) is 4.83 Å². The zero-order valence-corrected chi connectivity index (χ0v) is 13.5. The molecule has 0 radical (unpaired) electrons. The third kappa shape index (κ3) is 2.87. The van der Waals surface area contributed by atoms with E-state index in [4.69, 9.17) is 4.74 Å². The van der Waals surface area contributed by atoms with Gasteiger partial charge in [-0.05, 0) is 55.4 Å². The van der Waals surface area contributed by atoms with Crippen LogP contribution in [-0.2, 0) is 6.42 Å². The molecule has 0 saturated carbocycles. The van der Waals surface area contributed by atoms with Gasteiger partial charge in [-0.15, -0.1) is 0 Å². The van der Waals surface area contributed by atoms with Crippen LogP contribution in [-0.4, -0.2) is 6.61 Å². The number of benzene rings is 1. The van der Waals surface area contributed by atoms with Crippen LogP contribution in [0.25, 0.3) is 0 Å². The quantitative estimate of drug-likeness (QED) is 0.515. The maximum absolute atomic E-state index is 5.76. The average molecular weight is 362 g/mol. The smallest absolute Gasteiger partial charge is 0.122 e. The Hall–Kier alpha value is -0.0200. The molecule has 1 aliphatic rings. The van der Waals surface area contributed by atoms with Crippen LogP contribution in [0.2, 0.25) is 0 Å². The van der Waals surface area contributed by atoms with E-state index in [1.165, 1.54) is 28.4 Å². The van der Waals surface area contributed by atoms with Crippen LogP contribution in [0.4, 0.5) is 0 Å². The van der Waals surface area contributed by atoms with Crippen LogP contribution < -0.4 is 4.74 Å². The molecule has 0 spiro atoms. The molecule has 17 heavy (non-hydrogen) atoms. The fourth-order valence-electron chi connectivity index (χ4n) is 2.48. The number of rotatable bonds is 2. The van der Waals surface area contributed by atoms with E-state index in [2.05, 4.69) is 50.9 Å². The van der Waals surface area contributed by atoms with Crippen LogP contribution in [0.15, 0.2) is 16.6 Å². The summed E-state index contributed by atoms with van der Waals surface area (Å²) in [6, 6.07) is 4.19. The molecule has 0 N–H and O–H groups in total. The Morgan fingerprint density at radius 1 is 1.41 bits per heavy atom. The second kappa shape index (κ2) is 5.75. The Morgan fingerprint density at radius 2 is 2.18 bits per heavy atom. The minimum Gasteiger partial charge on any atom is -0.494 e. The molecular weight excluding hydrogens is 344 g/mol. The van der Waals surface area contributed by atoms with Gasteiger partial charge in [-0.25, -0.2) is 0 Å². The molecule has 1 aliphatic carbocycles. The Bertz CT molecular complexity index is 403. The van der Waals surface area contributed by atoms with Crippen molar-refractivity contribution in [2.24, 2.45) is 5.92 Å². The van der Waals surface area contributed by atoms with Crippen molar-refractivity contribution in [3.05, 3.63) is 27.7 Å². The number of halogens is 2. The molecule has 0 heterocycles. The molecule has 3 heteroatoms. The van der Waals surface area contributed by atoms with Crippen molar-refractivity contribution in [3.63, 3.8) is 0 Å². The molecule has 1 aromatic rings. The standard InChI is InChI=1S/C14H18Br2O/c1-3-17-13-7-6-11(15)14-10(13)5-4-9(2)8-12(14)16/h6-7,9,12H,3-5,8H2,1-2H3. The summed E-state index contributed by atoms with van der Waals surface area (Å²) in [4.78, 5) is 0.435. The Balaban J connectivity index is 2.47. The molecule has 0 aliphatic heterocycles. The number of alkyl halides is 1. The predicted octanol–water partition coefficient (Wildman–Crippen LogP) is 5.26. The van der Waals surface area contributed by atoms with Crippen LogP contribution in [0, 0.1) is 5.92 Å². The van der Waals surface area contributed by atoms with Gasteiger partial charge < -0.3 is 4.74 Å². The average Bonchev–Trinajstić information content (AvgIpc) is 2.43. The summed E-state index contributed by atoms with van der Waals surface area (Å²) in [6.45, 7) is 5.10. The fourth-order valence-corrected chi connectivity index (χ4v) is 4.60. The predicted molar refractivity (Wildman–Crippen MR) is 79.1 cm³/mol. The highest BCUT2D eigenvalue weighted by Gasteiger charge is 2.25. The molecule has 1 nitrogen and oxygen atoms in total. The van der Waals surface area contributed by atoms with Gasteiger partial charge in [0.15, 0.2) is 0 Å². The molecular formula is C14H18Br2O. The Labute approximate surface area is 120 Å². The first-order valence-corrected chi connectivity index (χ1v) is 7.92. The lowest BCUT2D eigenvalue weighted by molar-refractivity contribution is 0.335. The second-order valence-corrected chi connectivity index (χ2v) is 6.68. The molecule has 0 bridgehead atoms. The van der Waals surface area contributed by atoms with Crippen LogP contribution in [0.1, 0.15) is 42.6 Å². The number of hydrogen-bond donors (Lipinski definition) is 0. The summed E-state index contributed by atoms with van der Waals surface area (Å²) in [7, 11) is 0. The molecule has 0 aromatic heterocycles. The van der Waals surface area contributed by atoms with Crippen LogP contribution in [0.5, 0.6) is 5.75 Å². The van der Waals surface area contributed by atoms with E-state index in [1.54, 1.807) is 0 Å². The van der Waals surface area contributed by atoms with E-state index in [9.17, 15) is 0 Å². The lowest BCUT2D eigenvalue weighted by atomic mass is 10.0. The van der Waals surface area contributed by atoms with Gasteiger partial charge in [0.25, 0.3) is 0 Å². The Kier molecular flexibility index (Phi) is 4.53. The summed E-state index contributed by atoms with van der Waals surface area (Å²) in [6.07, 6.45) is 3.56. The molecule has 2 rings (SSSR count). The van der Waals surface area contributed by atoms with E-state index in [-0.39, 0.29) is 0 Å². The highest BCUT2D eigenvalue weighted by molar-refractivity contribution is 9.11. The van der Waals surface area contributed by atoms with Crippen molar-refractivity contribution in [1.82, 2.24) is 0 Å². The molecule has 0 saturated heterocycles. The second-order valence-electron chi connectivity index (χ2n) is 4.72. The van der Waals surface area contributed by atoms with Gasteiger partial charge in [0.05, 0.1) is 6.61 Å². The van der Waals surface area contributed by atoms with Gasteiger partial charge in [0.2, 0.25) is 0 Å². The molecule has 94 valence electrons. The lowest BCUT2D eigenvalue weighted by Gasteiger charge is -2.17. The monoisotopic (exact) mass is 360 g/mol. The van der Waals surface area contributed by atoms with Gasteiger partial charge in [-0.3, -0.25) is 0 Å². The zero-order chi connectivity index (χ0) is 12.4. The van der Waals surface area contributed by atoms with Gasteiger partial charge in [0, 0.05) is 9.30 Å². The summed E-state index contributed by atoms with van der Waals surface area (Å²) in [5.41, 5.74) is 2.77. The van der Waals surface area contributed by atoms with Crippen molar-refractivity contribution in [1.29, 1.82) is 0 Å². The minimum absolute atomic E-state index is 0.435. The fraction of sp³-hybridized carbons (Fsp3) is 0.571. The summed E-state index contributed by atoms with van der Waals surface area (Å²) in [5, 5.41) is 0. The Morgan fingerprint density at radius 3 is 2.88 bits per heavy atom. The van der Waals surface area contributed by atoms with Gasteiger partial charge in [-0.2, -0.15) is 0 Å². The van der Waals surface area contributed by atoms with Crippen molar-refractivity contribution in [2.75, 3.05) is 6.61 Å². The van der Waals surface area contributed by atoms with E-state index >= 15 is 0 Å². The maximum atomic E-state index is 5.76. The number of ether oxygens (including phenoxy) is 1. The number of hydrogen-bond acceptors (Lipinski definition) is 1. The van der Waals surface area contributed by atoms with E-state index in [0.717, 1.165) is 24.7 Å². The SMILES string of the molecule is CCOc1ccc(Br)c2c1CCC(C)CC2Br. The molecule has 1 aromatic carbocycles.